The molecular weight excluding hydrogens is 214 g/mol. The average Bonchev–Trinajstić information content (AvgIpc) is 2.61. The fraction of sp³-hybridized carbons (Fsp3) is 0.400. The Balaban J connectivity index is 2.36. The Morgan fingerprint density at radius 3 is 2.80 bits per heavy atom. The van der Waals surface area contributed by atoms with Gasteiger partial charge in [-0.15, -0.1) is 0 Å². The summed E-state index contributed by atoms with van der Waals surface area (Å²) in [6.07, 6.45) is 0.751. The number of benzene rings is 1. The van der Waals surface area contributed by atoms with E-state index in [1.54, 1.807) is 6.07 Å². The Morgan fingerprint density at radius 1 is 1.33 bits per heavy atom. The lowest BCUT2D eigenvalue weighted by molar-refractivity contribution is 0.319. The van der Waals surface area contributed by atoms with Crippen molar-refractivity contribution in [1.29, 1.82) is 0 Å². The number of sulfonamides is 1. The molecule has 0 unspecified atom stereocenters. The van der Waals surface area contributed by atoms with Crippen LogP contribution in [0.25, 0.3) is 0 Å². The zero-order valence-electron chi connectivity index (χ0n) is 8.26. The molecule has 0 radical (unpaired) electrons. The third-order valence-corrected chi connectivity index (χ3v) is 4.28. The van der Waals surface area contributed by atoms with Gasteiger partial charge in [-0.05, 0) is 18.1 Å². The lowest BCUT2D eigenvalue weighted by Gasteiger charge is -2.18. The van der Waals surface area contributed by atoms with Crippen LogP contribution in [0.5, 0.6) is 0 Å². The molecule has 5 heteroatoms. The average molecular weight is 227 g/mol. The van der Waals surface area contributed by atoms with E-state index in [1.807, 2.05) is 18.2 Å². The van der Waals surface area contributed by atoms with Crippen molar-refractivity contribution >= 4 is 15.7 Å². The Kier molecular flexibility index (Phi) is 2.67. The van der Waals surface area contributed by atoms with E-state index < -0.39 is 10.0 Å². The summed E-state index contributed by atoms with van der Waals surface area (Å²) in [6.45, 7) is 0.155. The monoisotopic (exact) mass is 227 g/mol. The molecule has 0 bridgehead atoms. The summed E-state index contributed by atoms with van der Waals surface area (Å²) in [4.78, 5) is 0. The normalized spacial score (nSPS) is 15.4. The summed E-state index contributed by atoms with van der Waals surface area (Å²) in [7, 11) is -3.34. The minimum absolute atomic E-state index is 0.207. The second kappa shape index (κ2) is 3.83. The number of nitrogens with zero attached hydrogens (tertiary/aromatic N) is 1. The second-order valence-electron chi connectivity index (χ2n) is 3.49. The van der Waals surface area contributed by atoms with Gasteiger partial charge in [0.15, 0.2) is 0 Å². The Morgan fingerprint density at radius 2 is 2.07 bits per heavy atom. The quantitative estimate of drug-likeness (QED) is 0.811. The van der Waals surface area contributed by atoms with E-state index in [9.17, 15) is 8.42 Å². The van der Waals surface area contributed by atoms with Crippen LogP contribution >= 0.6 is 0 Å². The standard InChI is InChI=1S/C10H13NO3S/c12-7-8-15(13,14)11-6-5-9-3-1-2-4-10(9)11/h1-4,12H,5-8H2. The van der Waals surface area contributed by atoms with Gasteiger partial charge >= 0.3 is 0 Å². The van der Waals surface area contributed by atoms with E-state index in [-0.39, 0.29) is 12.4 Å². The smallest absolute Gasteiger partial charge is 0.237 e. The molecule has 0 atom stereocenters. The number of para-hydroxylation sites is 1. The van der Waals surface area contributed by atoms with Crippen LogP contribution in [0.3, 0.4) is 0 Å². The lowest BCUT2D eigenvalue weighted by atomic mass is 10.2. The van der Waals surface area contributed by atoms with Crippen LogP contribution in [0.2, 0.25) is 0 Å². The van der Waals surface area contributed by atoms with Crippen LogP contribution in [0, 0.1) is 0 Å². The largest absolute Gasteiger partial charge is 0.395 e. The summed E-state index contributed by atoms with van der Waals surface area (Å²) in [5, 5.41) is 8.70. The first-order valence-electron chi connectivity index (χ1n) is 4.84. The van der Waals surface area contributed by atoms with Crippen molar-refractivity contribution in [3.63, 3.8) is 0 Å². The summed E-state index contributed by atoms with van der Waals surface area (Å²) in [6, 6.07) is 7.47. The van der Waals surface area contributed by atoms with E-state index in [4.69, 9.17) is 5.11 Å². The number of rotatable bonds is 3. The molecule has 2 rings (SSSR count). The third-order valence-electron chi connectivity index (χ3n) is 2.53. The second-order valence-corrected chi connectivity index (χ2v) is 5.50. The van der Waals surface area contributed by atoms with Crippen LogP contribution in [-0.2, 0) is 16.4 Å². The first kappa shape index (κ1) is 10.4. The fourth-order valence-electron chi connectivity index (χ4n) is 1.82. The molecule has 82 valence electrons. The van der Waals surface area contributed by atoms with Gasteiger partial charge in [-0.25, -0.2) is 8.42 Å². The predicted octanol–water partition coefficient (Wildman–Crippen LogP) is 0.371. The molecule has 0 amide bonds. The van der Waals surface area contributed by atoms with Crippen LogP contribution in [-0.4, -0.2) is 32.4 Å². The molecule has 1 heterocycles. The Hall–Kier alpha value is -1.07. The van der Waals surface area contributed by atoms with Gasteiger partial charge in [-0.3, -0.25) is 4.31 Å². The zero-order valence-corrected chi connectivity index (χ0v) is 9.07. The first-order valence-corrected chi connectivity index (χ1v) is 6.45. The predicted molar refractivity (Wildman–Crippen MR) is 58.4 cm³/mol. The highest BCUT2D eigenvalue weighted by molar-refractivity contribution is 7.92. The van der Waals surface area contributed by atoms with E-state index in [2.05, 4.69) is 0 Å². The van der Waals surface area contributed by atoms with E-state index >= 15 is 0 Å². The summed E-state index contributed by atoms with van der Waals surface area (Å²) < 4.78 is 24.9. The summed E-state index contributed by atoms with van der Waals surface area (Å²) in [5.41, 5.74) is 1.81. The maximum Gasteiger partial charge on any atom is 0.237 e. The van der Waals surface area contributed by atoms with Gasteiger partial charge in [-0.2, -0.15) is 0 Å². The topological polar surface area (TPSA) is 57.6 Å². The molecule has 1 aliphatic heterocycles. The highest BCUT2D eigenvalue weighted by Gasteiger charge is 2.28. The maximum absolute atomic E-state index is 11.8. The van der Waals surface area contributed by atoms with Gasteiger partial charge in [0.05, 0.1) is 18.0 Å². The minimum atomic E-state index is -3.34. The fourth-order valence-corrected chi connectivity index (χ4v) is 3.12. The number of aliphatic hydroxyl groups excluding tert-OH is 1. The minimum Gasteiger partial charge on any atom is -0.395 e. The van der Waals surface area contributed by atoms with Crippen molar-refractivity contribution in [3.05, 3.63) is 29.8 Å². The molecule has 0 spiro atoms. The van der Waals surface area contributed by atoms with Gasteiger partial charge in [0.25, 0.3) is 0 Å². The third kappa shape index (κ3) is 1.85. The van der Waals surface area contributed by atoms with Gasteiger partial charge in [0.2, 0.25) is 10.0 Å². The molecular formula is C10H13NO3S. The number of fused-ring (bicyclic) bond motifs is 1. The highest BCUT2D eigenvalue weighted by atomic mass is 32.2. The highest BCUT2D eigenvalue weighted by Crippen LogP contribution is 2.29. The molecule has 1 aromatic carbocycles. The molecule has 0 aromatic heterocycles. The van der Waals surface area contributed by atoms with Crippen LogP contribution < -0.4 is 4.31 Å². The molecule has 0 saturated carbocycles. The van der Waals surface area contributed by atoms with Gasteiger partial charge in [0.1, 0.15) is 0 Å². The number of hydrogen-bond donors (Lipinski definition) is 1. The maximum atomic E-state index is 11.8. The van der Waals surface area contributed by atoms with E-state index in [0.29, 0.717) is 6.54 Å². The lowest BCUT2D eigenvalue weighted by Crippen LogP contribution is -2.32. The molecule has 15 heavy (non-hydrogen) atoms. The van der Waals surface area contributed by atoms with Crippen LogP contribution in [0.4, 0.5) is 5.69 Å². The SMILES string of the molecule is O=S(=O)(CCO)N1CCc2ccccc21. The van der Waals surface area contributed by atoms with E-state index in [0.717, 1.165) is 17.7 Å². The summed E-state index contributed by atoms with van der Waals surface area (Å²) in [5.74, 6) is -0.207. The van der Waals surface area contributed by atoms with Crippen molar-refractivity contribution in [2.45, 2.75) is 6.42 Å². The number of anilines is 1. The van der Waals surface area contributed by atoms with Crippen LogP contribution in [0.1, 0.15) is 5.56 Å². The molecule has 1 aromatic rings. The molecule has 0 aliphatic carbocycles. The van der Waals surface area contributed by atoms with Crippen molar-refractivity contribution in [3.8, 4) is 0 Å². The van der Waals surface area contributed by atoms with Crippen molar-refractivity contribution in [2.75, 3.05) is 23.2 Å². The van der Waals surface area contributed by atoms with Crippen molar-refractivity contribution in [1.82, 2.24) is 0 Å². The van der Waals surface area contributed by atoms with Crippen molar-refractivity contribution < 1.29 is 13.5 Å². The Bertz CT molecular complexity index is 455. The number of aliphatic hydroxyl groups is 1. The van der Waals surface area contributed by atoms with E-state index in [1.165, 1.54) is 4.31 Å². The molecule has 0 fully saturated rings. The van der Waals surface area contributed by atoms with Gasteiger partial charge < -0.3 is 5.11 Å². The summed E-state index contributed by atoms with van der Waals surface area (Å²) >= 11 is 0. The first-order chi connectivity index (χ1) is 7.15. The Labute approximate surface area is 89.2 Å². The zero-order chi connectivity index (χ0) is 10.9. The molecule has 4 nitrogen and oxygen atoms in total. The molecule has 1 aliphatic rings. The van der Waals surface area contributed by atoms with Crippen LogP contribution in [0.15, 0.2) is 24.3 Å². The molecule has 0 saturated heterocycles. The number of hydrogen-bond acceptors (Lipinski definition) is 3. The molecule has 1 N–H and O–H groups in total. The van der Waals surface area contributed by atoms with Gasteiger partial charge in [-0.1, -0.05) is 18.2 Å². The van der Waals surface area contributed by atoms with Gasteiger partial charge in [0, 0.05) is 6.54 Å². The van der Waals surface area contributed by atoms with Crippen molar-refractivity contribution in [2.24, 2.45) is 0 Å².